The number of carbonyl (C=O) groups is 3. The maximum atomic E-state index is 11.7. The fourth-order valence-electron chi connectivity index (χ4n) is 2.25. The minimum absolute atomic E-state index is 0.156. The fraction of sp³-hybridized carbons (Fsp3) is 0.357. The summed E-state index contributed by atoms with van der Waals surface area (Å²) < 4.78 is 5.11. The summed E-state index contributed by atoms with van der Waals surface area (Å²) in [7, 11) is 0. The van der Waals surface area contributed by atoms with Crippen LogP contribution in [0.1, 0.15) is 18.9 Å². The molecule has 1 aromatic carbocycles. The number of amides is 1. The van der Waals surface area contributed by atoms with E-state index in [0.717, 1.165) is 10.5 Å². The number of Topliss-reactive ketones (excluding diaryl/α,β-unsaturated/α-hetero) is 1. The molecule has 2 atom stereocenters. The first-order valence-electron chi connectivity index (χ1n) is 6.24. The second kappa shape index (κ2) is 5.73. The molecule has 0 saturated carbocycles. The molecule has 0 radical (unpaired) electrons. The van der Waals surface area contributed by atoms with Gasteiger partial charge in [-0.2, -0.15) is 0 Å². The monoisotopic (exact) mass is 277 g/mol. The molecular formula is C14H15NO5. The molecule has 2 rings (SSSR count). The van der Waals surface area contributed by atoms with E-state index in [1.807, 2.05) is 30.3 Å². The first-order chi connectivity index (χ1) is 9.49. The van der Waals surface area contributed by atoms with Crippen molar-refractivity contribution in [2.45, 2.75) is 32.0 Å². The number of carboxylic acid groups (broad SMARTS) is 1. The highest BCUT2D eigenvalue weighted by atomic mass is 16.6. The Kier molecular flexibility index (Phi) is 4.02. The molecule has 1 heterocycles. The van der Waals surface area contributed by atoms with Gasteiger partial charge in [-0.1, -0.05) is 30.3 Å². The highest BCUT2D eigenvalue weighted by molar-refractivity contribution is 5.89. The van der Waals surface area contributed by atoms with Gasteiger partial charge in [-0.15, -0.1) is 0 Å². The summed E-state index contributed by atoms with van der Waals surface area (Å²) in [4.78, 5) is 35.1. The lowest BCUT2D eigenvalue weighted by Gasteiger charge is -2.22. The van der Waals surface area contributed by atoms with Crippen LogP contribution in [0.15, 0.2) is 30.3 Å². The SMILES string of the molecule is CC(=O)CC1C(=O)OC(Cc2ccccc2)N1C(=O)O. The second-order valence-electron chi connectivity index (χ2n) is 4.69. The van der Waals surface area contributed by atoms with Crippen molar-refractivity contribution in [3.8, 4) is 0 Å². The zero-order valence-corrected chi connectivity index (χ0v) is 11.0. The van der Waals surface area contributed by atoms with E-state index in [9.17, 15) is 19.5 Å². The van der Waals surface area contributed by atoms with Gasteiger partial charge in [-0.05, 0) is 12.5 Å². The minimum Gasteiger partial charge on any atom is -0.465 e. The number of benzene rings is 1. The number of rotatable bonds is 4. The average Bonchev–Trinajstić information content (AvgIpc) is 2.66. The summed E-state index contributed by atoms with van der Waals surface area (Å²) in [5, 5.41) is 9.25. The number of hydrogen-bond acceptors (Lipinski definition) is 4. The van der Waals surface area contributed by atoms with Gasteiger partial charge in [-0.3, -0.25) is 9.69 Å². The molecule has 1 aromatic rings. The van der Waals surface area contributed by atoms with Crippen LogP contribution >= 0.6 is 0 Å². The minimum atomic E-state index is -1.26. The van der Waals surface area contributed by atoms with E-state index in [0.29, 0.717) is 0 Å². The van der Waals surface area contributed by atoms with E-state index in [4.69, 9.17) is 4.74 Å². The van der Waals surface area contributed by atoms with Crippen LogP contribution in [0, 0.1) is 0 Å². The molecule has 6 nitrogen and oxygen atoms in total. The molecule has 1 aliphatic rings. The van der Waals surface area contributed by atoms with E-state index < -0.39 is 24.3 Å². The molecule has 1 amide bonds. The van der Waals surface area contributed by atoms with Crippen LogP contribution in [0.2, 0.25) is 0 Å². The van der Waals surface area contributed by atoms with Crippen LogP contribution < -0.4 is 0 Å². The lowest BCUT2D eigenvalue weighted by molar-refractivity contribution is -0.143. The molecule has 0 spiro atoms. The number of nitrogens with zero attached hydrogens (tertiary/aromatic N) is 1. The highest BCUT2D eigenvalue weighted by Crippen LogP contribution is 2.24. The van der Waals surface area contributed by atoms with Crippen molar-refractivity contribution in [3.63, 3.8) is 0 Å². The van der Waals surface area contributed by atoms with E-state index in [1.165, 1.54) is 6.92 Å². The number of ketones is 1. The Morgan fingerprint density at radius 2 is 1.95 bits per heavy atom. The van der Waals surface area contributed by atoms with Crippen molar-refractivity contribution in [2.24, 2.45) is 0 Å². The number of ether oxygens (including phenoxy) is 1. The standard InChI is InChI=1S/C14H15NO5/c1-9(16)7-11-13(17)20-12(15(11)14(18)19)8-10-5-3-2-4-6-10/h2-6,11-12H,7-8H2,1H3,(H,18,19). The number of esters is 1. The Morgan fingerprint density at radius 3 is 2.50 bits per heavy atom. The van der Waals surface area contributed by atoms with Gasteiger partial charge < -0.3 is 9.84 Å². The lowest BCUT2D eigenvalue weighted by Crippen LogP contribution is -2.43. The van der Waals surface area contributed by atoms with Gasteiger partial charge in [0.1, 0.15) is 11.8 Å². The fourth-order valence-corrected chi connectivity index (χ4v) is 2.25. The summed E-state index contributed by atoms with van der Waals surface area (Å²) in [6.07, 6.45) is -2.03. The van der Waals surface area contributed by atoms with Gasteiger partial charge >= 0.3 is 12.1 Å². The molecule has 0 bridgehead atoms. The molecule has 0 aliphatic carbocycles. The first kappa shape index (κ1) is 14.0. The number of hydrogen-bond donors (Lipinski definition) is 1. The van der Waals surface area contributed by atoms with Crippen molar-refractivity contribution in [1.29, 1.82) is 0 Å². The molecule has 106 valence electrons. The molecule has 6 heteroatoms. The van der Waals surface area contributed by atoms with E-state index >= 15 is 0 Å². The Labute approximate surface area is 115 Å². The Hall–Kier alpha value is -2.37. The maximum Gasteiger partial charge on any atom is 0.410 e. The van der Waals surface area contributed by atoms with Crippen molar-refractivity contribution in [1.82, 2.24) is 4.90 Å². The molecule has 1 saturated heterocycles. The van der Waals surface area contributed by atoms with Crippen LogP contribution in [0.4, 0.5) is 4.79 Å². The normalized spacial score (nSPS) is 21.6. The maximum absolute atomic E-state index is 11.7. The highest BCUT2D eigenvalue weighted by Gasteiger charge is 2.45. The Balaban J connectivity index is 2.18. The van der Waals surface area contributed by atoms with Gasteiger partial charge in [0.25, 0.3) is 0 Å². The van der Waals surface area contributed by atoms with E-state index in [2.05, 4.69) is 0 Å². The number of carbonyl (C=O) groups excluding carboxylic acids is 2. The molecule has 1 fully saturated rings. The quantitative estimate of drug-likeness (QED) is 0.842. The molecule has 1 aliphatic heterocycles. The third-order valence-corrected chi connectivity index (χ3v) is 3.13. The smallest absolute Gasteiger partial charge is 0.410 e. The Bertz CT molecular complexity index is 528. The van der Waals surface area contributed by atoms with Crippen LogP contribution in [-0.4, -0.2) is 40.1 Å². The van der Waals surface area contributed by atoms with E-state index in [-0.39, 0.29) is 18.6 Å². The molecule has 2 unspecified atom stereocenters. The summed E-state index contributed by atoms with van der Waals surface area (Å²) >= 11 is 0. The molecule has 0 aromatic heterocycles. The summed E-state index contributed by atoms with van der Waals surface area (Å²) in [6, 6.07) is 8.10. The topological polar surface area (TPSA) is 83.9 Å². The molecule has 1 N–H and O–H groups in total. The third-order valence-electron chi connectivity index (χ3n) is 3.13. The summed E-state index contributed by atoms with van der Waals surface area (Å²) in [5.41, 5.74) is 0.861. The molecular weight excluding hydrogens is 262 g/mol. The predicted molar refractivity (Wildman–Crippen MR) is 69.0 cm³/mol. The summed E-state index contributed by atoms with van der Waals surface area (Å²) in [6.45, 7) is 1.32. The zero-order chi connectivity index (χ0) is 14.7. The Morgan fingerprint density at radius 1 is 1.30 bits per heavy atom. The second-order valence-corrected chi connectivity index (χ2v) is 4.69. The largest absolute Gasteiger partial charge is 0.465 e. The lowest BCUT2D eigenvalue weighted by atomic mass is 10.1. The van der Waals surface area contributed by atoms with Crippen LogP contribution in [-0.2, 0) is 20.7 Å². The van der Waals surface area contributed by atoms with Crippen molar-refractivity contribution < 1.29 is 24.2 Å². The van der Waals surface area contributed by atoms with Gasteiger partial charge in [0, 0.05) is 12.8 Å². The van der Waals surface area contributed by atoms with Crippen LogP contribution in [0.3, 0.4) is 0 Å². The van der Waals surface area contributed by atoms with E-state index in [1.54, 1.807) is 0 Å². The van der Waals surface area contributed by atoms with Crippen molar-refractivity contribution >= 4 is 17.8 Å². The molecule has 20 heavy (non-hydrogen) atoms. The first-order valence-corrected chi connectivity index (χ1v) is 6.24. The number of cyclic esters (lactones) is 1. The van der Waals surface area contributed by atoms with Gasteiger partial charge in [0.15, 0.2) is 6.23 Å². The summed E-state index contributed by atoms with van der Waals surface area (Å²) in [5.74, 6) is -0.915. The van der Waals surface area contributed by atoms with Crippen molar-refractivity contribution in [3.05, 3.63) is 35.9 Å². The van der Waals surface area contributed by atoms with Crippen molar-refractivity contribution in [2.75, 3.05) is 0 Å². The predicted octanol–water partition coefficient (Wildman–Crippen LogP) is 1.44. The van der Waals surface area contributed by atoms with Crippen LogP contribution in [0.5, 0.6) is 0 Å². The van der Waals surface area contributed by atoms with Gasteiger partial charge in [0.2, 0.25) is 0 Å². The van der Waals surface area contributed by atoms with Crippen LogP contribution in [0.25, 0.3) is 0 Å². The van der Waals surface area contributed by atoms with Gasteiger partial charge in [-0.25, -0.2) is 9.59 Å². The van der Waals surface area contributed by atoms with Gasteiger partial charge in [0.05, 0.1) is 0 Å². The average molecular weight is 277 g/mol. The third kappa shape index (κ3) is 2.96. The zero-order valence-electron chi connectivity index (χ0n) is 11.0.